The van der Waals surface area contributed by atoms with Gasteiger partial charge in [0.15, 0.2) is 6.61 Å². The van der Waals surface area contributed by atoms with Gasteiger partial charge >= 0.3 is 5.97 Å². The van der Waals surface area contributed by atoms with Gasteiger partial charge in [-0.2, -0.15) is 0 Å². The highest BCUT2D eigenvalue weighted by Crippen LogP contribution is 2.21. The molecule has 0 unspecified atom stereocenters. The number of rotatable bonds is 8. The summed E-state index contributed by atoms with van der Waals surface area (Å²) in [4.78, 5) is 47.1. The number of esters is 1. The Labute approximate surface area is 171 Å². The molecule has 0 aliphatic heterocycles. The summed E-state index contributed by atoms with van der Waals surface area (Å²) in [5.74, 6) is -2.30. The summed E-state index contributed by atoms with van der Waals surface area (Å²) in [6.45, 7) is -1.28. The number of ketones is 1. The monoisotopic (exact) mass is 422 g/mol. The van der Waals surface area contributed by atoms with E-state index in [4.69, 9.17) is 27.9 Å². The molecule has 0 heterocycles. The van der Waals surface area contributed by atoms with E-state index in [1.165, 1.54) is 18.2 Å². The molecular formula is C19H16Cl2N2O5. The van der Waals surface area contributed by atoms with Crippen molar-refractivity contribution < 1.29 is 23.9 Å². The second kappa shape index (κ2) is 10.4. The molecule has 7 nitrogen and oxygen atoms in total. The van der Waals surface area contributed by atoms with Gasteiger partial charge < -0.3 is 15.4 Å². The van der Waals surface area contributed by atoms with Crippen molar-refractivity contribution in [2.45, 2.75) is 0 Å². The molecule has 0 atom stereocenters. The summed E-state index contributed by atoms with van der Waals surface area (Å²) in [7, 11) is 0. The molecule has 0 aromatic heterocycles. The Bertz CT molecular complexity index is 887. The molecule has 2 aromatic carbocycles. The van der Waals surface area contributed by atoms with Crippen LogP contribution in [-0.4, -0.2) is 43.3 Å². The van der Waals surface area contributed by atoms with Crippen molar-refractivity contribution in [3.8, 4) is 0 Å². The summed E-state index contributed by atoms with van der Waals surface area (Å²) in [6.07, 6.45) is 0. The third kappa shape index (κ3) is 6.68. The molecule has 0 radical (unpaired) electrons. The van der Waals surface area contributed by atoms with Crippen molar-refractivity contribution in [1.29, 1.82) is 0 Å². The minimum absolute atomic E-state index is 0.149. The predicted octanol–water partition coefficient (Wildman–Crippen LogP) is 2.27. The van der Waals surface area contributed by atoms with Crippen molar-refractivity contribution in [1.82, 2.24) is 10.6 Å². The normalized spacial score (nSPS) is 10.1. The molecule has 0 bridgehead atoms. The Kier molecular flexibility index (Phi) is 7.98. The fourth-order valence-corrected chi connectivity index (χ4v) is 2.59. The molecule has 28 heavy (non-hydrogen) atoms. The van der Waals surface area contributed by atoms with Gasteiger partial charge in [0.25, 0.3) is 5.91 Å². The van der Waals surface area contributed by atoms with E-state index in [-0.39, 0.29) is 17.1 Å². The van der Waals surface area contributed by atoms with E-state index in [9.17, 15) is 19.2 Å². The van der Waals surface area contributed by atoms with Gasteiger partial charge in [0.05, 0.1) is 11.6 Å². The maximum absolute atomic E-state index is 12.0. The lowest BCUT2D eigenvalue weighted by molar-refractivity contribution is -0.142. The minimum atomic E-state index is -0.804. The summed E-state index contributed by atoms with van der Waals surface area (Å²) in [5.41, 5.74) is 0.584. The van der Waals surface area contributed by atoms with Crippen LogP contribution in [0.25, 0.3) is 0 Å². The first-order valence-corrected chi connectivity index (χ1v) is 8.86. The highest BCUT2D eigenvalue weighted by atomic mass is 35.5. The van der Waals surface area contributed by atoms with Crippen LogP contribution >= 0.6 is 23.2 Å². The lowest BCUT2D eigenvalue weighted by atomic mass is 10.1. The highest BCUT2D eigenvalue weighted by Gasteiger charge is 2.14. The fraction of sp³-hybridized carbons (Fsp3) is 0.158. The maximum atomic E-state index is 12.0. The molecule has 0 fully saturated rings. The Morgan fingerprint density at radius 2 is 1.61 bits per heavy atom. The smallest absolute Gasteiger partial charge is 0.325 e. The molecule has 2 rings (SSSR count). The molecule has 0 spiro atoms. The zero-order chi connectivity index (χ0) is 20.5. The van der Waals surface area contributed by atoms with Crippen LogP contribution < -0.4 is 10.6 Å². The van der Waals surface area contributed by atoms with Crippen LogP contribution in [0.2, 0.25) is 10.0 Å². The number of carbonyl (C=O) groups excluding carboxylic acids is 4. The van der Waals surface area contributed by atoms with Crippen molar-refractivity contribution in [3.63, 3.8) is 0 Å². The van der Waals surface area contributed by atoms with Crippen LogP contribution in [0.3, 0.4) is 0 Å². The first-order chi connectivity index (χ1) is 13.4. The van der Waals surface area contributed by atoms with Crippen LogP contribution in [0, 0.1) is 0 Å². The lowest BCUT2D eigenvalue weighted by Gasteiger charge is -2.08. The molecule has 9 heteroatoms. The van der Waals surface area contributed by atoms with Gasteiger partial charge in [-0.05, 0) is 30.3 Å². The van der Waals surface area contributed by atoms with Gasteiger partial charge in [0.1, 0.15) is 6.54 Å². The summed E-state index contributed by atoms with van der Waals surface area (Å²) >= 11 is 11.7. The van der Waals surface area contributed by atoms with Crippen molar-refractivity contribution in [2.75, 3.05) is 19.7 Å². The Morgan fingerprint density at radius 3 is 2.29 bits per heavy atom. The van der Waals surface area contributed by atoms with E-state index in [1.807, 2.05) is 0 Å². The maximum Gasteiger partial charge on any atom is 0.325 e. The lowest BCUT2D eigenvalue weighted by Crippen LogP contribution is -2.39. The molecule has 0 saturated heterocycles. The zero-order valence-corrected chi connectivity index (χ0v) is 16.0. The first-order valence-electron chi connectivity index (χ1n) is 8.10. The second-order valence-corrected chi connectivity index (χ2v) is 6.38. The third-order valence-electron chi connectivity index (χ3n) is 3.47. The predicted molar refractivity (Wildman–Crippen MR) is 104 cm³/mol. The van der Waals surface area contributed by atoms with E-state index >= 15 is 0 Å². The van der Waals surface area contributed by atoms with Crippen LogP contribution in [-0.2, 0) is 14.3 Å². The number of hydrogen-bond acceptors (Lipinski definition) is 5. The van der Waals surface area contributed by atoms with Crippen LogP contribution in [0.4, 0.5) is 0 Å². The summed E-state index contributed by atoms with van der Waals surface area (Å²) < 4.78 is 4.81. The summed E-state index contributed by atoms with van der Waals surface area (Å²) in [5, 5.41) is 5.24. The number of benzene rings is 2. The van der Waals surface area contributed by atoms with Gasteiger partial charge in [0.2, 0.25) is 11.7 Å². The molecule has 2 amide bonds. The third-order valence-corrected chi connectivity index (χ3v) is 4.02. The number of Topliss-reactive ketones (excluding diaryl/α,β-unsaturated/α-hetero) is 1. The standard InChI is InChI=1S/C19H16Cl2N2O5/c20-13-6-7-14(15(21)8-13)16(24)11-28-18(26)10-22-17(25)9-23-19(27)12-4-2-1-3-5-12/h1-8H,9-11H2,(H,22,25)(H,23,27). The first kappa shape index (κ1) is 21.4. The van der Waals surface area contributed by atoms with Gasteiger partial charge in [0, 0.05) is 16.1 Å². The molecular weight excluding hydrogens is 407 g/mol. The van der Waals surface area contributed by atoms with Gasteiger partial charge in [-0.25, -0.2) is 0 Å². The van der Waals surface area contributed by atoms with E-state index in [2.05, 4.69) is 10.6 Å². The van der Waals surface area contributed by atoms with Gasteiger partial charge in [-0.15, -0.1) is 0 Å². The number of carbonyl (C=O) groups is 4. The van der Waals surface area contributed by atoms with Gasteiger partial charge in [-0.3, -0.25) is 19.2 Å². The number of hydrogen-bond donors (Lipinski definition) is 2. The number of amides is 2. The Balaban J connectivity index is 1.69. The van der Waals surface area contributed by atoms with E-state index < -0.39 is 36.7 Å². The Morgan fingerprint density at radius 1 is 0.893 bits per heavy atom. The van der Waals surface area contributed by atoms with E-state index in [0.29, 0.717) is 10.6 Å². The van der Waals surface area contributed by atoms with Crippen LogP contribution in [0.15, 0.2) is 48.5 Å². The van der Waals surface area contributed by atoms with Crippen molar-refractivity contribution >= 4 is 46.8 Å². The quantitative estimate of drug-likeness (QED) is 0.501. The zero-order valence-electron chi connectivity index (χ0n) is 14.5. The largest absolute Gasteiger partial charge is 0.456 e. The van der Waals surface area contributed by atoms with Crippen molar-refractivity contribution in [2.24, 2.45) is 0 Å². The molecule has 0 saturated carbocycles. The molecule has 146 valence electrons. The van der Waals surface area contributed by atoms with Crippen molar-refractivity contribution in [3.05, 3.63) is 69.7 Å². The SMILES string of the molecule is O=C(CNC(=O)c1ccccc1)NCC(=O)OCC(=O)c1ccc(Cl)cc1Cl. The molecule has 0 aliphatic rings. The topological polar surface area (TPSA) is 102 Å². The van der Waals surface area contributed by atoms with Gasteiger partial charge in [-0.1, -0.05) is 41.4 Å². The average Bonchev–Trinajstić information content (AvgIpc) is 2.69. The van der Waals surface area contributed by atoms with E-state index in [1.54, 1.807) is 30.3 Å². The number of nitrogens with one attached hydrogen (secondary N) is 2. The molecule has 0 aliphatic carbocycles. The molecule has 2 aromatic rings. The average molecular weight is 423 g/mol. The number of halogens is 2. The minimum Gasteiger partial charge on any atom is -0.456 e. The summed E-state index contributed by atoms with van der Waals surface area (Å²) in [6, 6.07) is 12.7. The Hall–Kier alpha value is -2.90. The van der Waals surface area contributed by atoms with Crippen LogP contribution in [0.5, 0.6) is 0 Å². The fourth-order valence-electron chi connectivity index (χ4n) is 2.08. The van der Waals surface area contributed by atoms with E-state index in [0.717, 1.165) is 0 Å². The number of ether oxygens (including phenoxy) is 1. The van der Waals surface area contributed by atoms with Crippen LogP contribution in [0.1, 0.15) is 20.7 Å². The highest BCUT2D eigenvalue weighted by molar-refractivity contribution is 6.36. The second-order valence-electron chi connectivity index (χ2n) is 5.53. The molecule has 2 N–H and O–H groups in total.